The van der Waals surface area contributed by atoms with Crippen molar-refractivity contribution in [1.29, 1.82) is 0 Å². The van der Waals surface area contributed by atoms with Gasteiger partial charge in [-0.3, -0.25) is 4.79 Å². The third-order valence-electron chi connectivity index (χ3n) is 3.18. The number of esters is 1. The highest BCUT2D eigenvalue weighted by Gasteiger charge is 2.12. The molecule has 23 heavy (non-hydrogen) atoms. The van der Waals surface area contributed by atoms with E-state index in [9.17, 15) is 13.6 Å². The monoisotopic (exact) mass is 339 g/mol. The Morgan fingerprint density at radius 2 is 1.91 bits per heavy atom. The smallest absolute Gasteiger partial charge is 0.319 e. The molecule has 6 heteroatoms. The highest BCUT2D eigenvalue weighted by atomic mass is 35.5. The minimum absolute atomic E-state index is 0.0334. The summed E-state index contributed by atoms with van der Waals surface area (Å²) in [7, 11) is 0. The van der Waals surface area contributed by atoms with E-state index in [1.807, 2.05) is 0 Å². The number of halogens is 3. The van der Waals surface area contributed by atoms with Crippen LogP contribution >= 0.6 is 11.6 Å². The van der Waals surface area contributed by atoms with E-state index in [2.05, 4.69) is 5.32 Å². The van der Waals surface area contributed by atoms with E-state index in [0.717, 1.165) is 6.07 Å². The lowest BCUT2D eigenvalue weighted by molar-refractivity contribution is -0.142. The van der Waals surface area contributed by atoms with Crippen molar-refractivity contribution in [2.24, 2.45) is 0 Å². The molecule has 0 fully saturated rings. The van der Waals surface area contributed by atoms with Crippen molar-refractivity contribution in [2.45, 2.75) is 13.5 Å². The summed E-state index contributed by atoms with van der Waals surface area (Å²) in [6.07, 6.45) is 0. The Labute approximate surface area is 138 Å². The minimum Gasteiger partial charge on any atom is -0.465 e. The van der Waals surface area contributed by atoms with Gasteiger partial charge < -0.3 is 10.1 Å². The van der Waals surface area contributed by atoms with Crippen LogP contribution in [0.4, 0.5) is 8.78 Å². The molecule has 0 radical (unpaired) electrons. The van der Waals surface area contributed by atoms with E-state index in [-0.39, 0.29) is 18.1 Å². The molecule has 0 saturated carbocycles. The molecule has 2 aromatic carbocycles. The fraction of sp³-hybridized carbons (Fsp3) is 0.235. The lowest BCUT2D eigenvalue weighted by Crippen LogP contribution is -2.24. The van der Waals surface area contributed by atoms with E-state index in [1.54, 1.807) is 25.1 Å². The molecule has 0 heterocycles. The Hall–Kier alpha value is -1.98. The first kappa shape index (κ1) is 17.4. The largest absolute Gasteiger partial charge is 0.465 e. The average molecular weight is 340 g/mol. The van der Waals surface area contributed by atoms with Crippen LogP contribution in [0.3, 0.4) is 0 Å². The number of nitrogens with one attached hydrogen (secondary N) is 1. The van der Waals surface area contributed by atoms with E-state index in [0.29, 0.717) is 29.3 Å². The summed E-state index contributed by atoms with van der Waals surface area (Å²) in [5.41, 5.74) is 1.56. The summed E-state index contributed by atoms with van der Waals surface area (Å²) < 4.78 is 31.9. The highest BCUT2D eigenvalue weighted by molar-refractivity contribution is 6.30. The van der Waals surface area contributed by atoms with Gasteiger partial charge in [0.1, 0.15) is 11.6 Å². The Bertz CT molecular complexity index is 707. The molecule has 0 aliphatic carbocycles. The number of rotatable bonds is 6. The molecule has 122 valence electrons. The summed E-state index contributed by atoms with van der Waals surface area (Å²) in [5.74, 6) is -1.66. The molecule has 3 nitrogen and oxygen atoms in total. The van der Waals surface area contributed by atoms with Gasteiger partial charge in [-0.05, 0) is 42.3 Å². The molecule has 0 saturated heterocycles. The summed E-state index contributed by atoms with van der Waals surface area (Å²) in [6, 6.07) is 8.39. The molecule has 0 aromatic heterocycles. The Morgan fingerprint density at radius 3 is 2.61 bits per heavy atom. The SMILES string of the molecule is CCOC(=O)CNCc1cc(Cl)ccc1-c1ccc(F)cc1F. The zero-order chi connectivity index (χ0) is 16.8. The molecule has 0 unspecified atom stereocenters. The number of hydrogen-bond donors (Lipinski definition) is 1. The normalized spacial score (nSPS) is 10.6. The van der Waals surface area contributed by atoms with Gasteiger partial charge in [-0.25, -0.2) is 8.78 Å². The molecule has 0 aliphatic rings. The standard InChI is InChI=1S/C17H16ClF2NO2/c1-2-23-17(22)10-21-9-11-7-12(18)3-5-14(11)15-6-4-13(19)8-16(15)20/h3-8,21H,2,9-10H2,1H3. The fourth-order valence-corrected chi connectivity index (χ4v) is 2.39. The predicted octanol–water partition coefficient (Wildman–Crippen LogP) is 3.94. The molecule has 0 spiro atoms. The zero-order valence-corrected chi connectivity index (χ0v) is 13.3. The highest BCUT2D eigenvalue weighted by Crippen LogP contribution is 2.29. The van der Waals surface area contributed by atoms with Crippen LogP contribution < -0.4 is 5.32 Å². The molecule has 0 atom stereocenters. The molecule has 2 rings (SSSR count). The van der Waals surface area contributed by atoms with Crippen LogP contribution in [-0.2, 0) is 16.1 Å². The van der Waals surface area contributed by atoms with Crippen LogP contribution in [0.5, 0.6) is 0 Å². The van der Waals surface area contributed by atoms with Crippen LogP contribution in [0.15, 0.2) is 36.4 Å². The molecular formula is C17H16ClF2NO2. The van der Waals surface area contributed by atoms with Crippen LogP contribution in [0, 0.1) is 11.6 Å². The van der Waals surface area contributed by atoms with Gasteiger partial charge in [-0.2, -0.15) is 0 Å². The zero-order valence-electron chi connectivity index (χ0n) is 12.5. The van der Waals surface area contributed by atoms with Crippen molar-refractivity contribution in [3.63, 3.8) is 0 Å². The number of carbonyl (C=O) groups excluding carboxylic acids is 1. The summed E-state index contributed by atoms with van der Waals surface area (Å²) >= 11 is 5.99. The van der Waals surface area contributed by atoms with Gasteiger partial charge in [0.05, 0.1) is 13.2 Å². The van der Waals surface area contributed by atoms with Gasteiger partial charge in [0.15, 0.2) is 0 Å². The fourth-order valence-electron chi connectivity index (χ4n) is 2.19. The van der Waals surface area contributed by atoms with E-state index < -0.39 is 11.6 Å². The van der Waals surface area contributed by atoms with Gasteiger partial charge >= 0.3 is 5.97 Å². The van der Waals surface area contributed by atoms with Crippen molar-refractivity contribution in [1.82, 2.24) is 5.32 Å². The average Bonchev–Trinajstić information content (AvgIpc) is 2.49. The number of ether oxygens (including phenoxy) is 1. The summed E-state index contributed by atoms with van der Waals surface area (Å²) in [5, 5.41) is 3.41. The molecule has 2 aromatic rings. The molecule has 0 bridgehead atoms. The van der Waals surface area contributed by atoms with Crippen molar-refractivity contribution < 1.29 is 18.3 Å². The number of carbonyl (C=O) groups is 1. The van der Waals surface area contributed by atoms with Crippen molar-refractivity contribution in [3.05, 3.63) is 58.6 Å². The quantitative estimate of drug-likeness (QED) is 0.810. The van der Waals surface area contributed by atoms with Gasteiger partial charge in [0.2, 0.25) is 0 Å². The molecular weight excluding hydrogens is 324 g/mol. The number of hydrogen-bond acceptors (Lipinski definition) is 3. The van der Waals surface area contributed by atoms with E-state index >= 15 is 0 Å². The van der Waals surface area contributed by atoms with Gasteiger partial charge in [-0.15, -0.1) is 0 Å². The van der Waals surface area contributed by atoms with Crippen molar-refractivity contribution in [2.75, 3.05) is 13.2 Å². The topological polar surface area (TPSA) is 38.3 Å². The Kier molecular flexibility index (Phi) is 6.07. The van der Waals surface area contributed by atoms with Gasteiger partial charge in [0, 0.05) is 23.2 Å². The van der Waals surface area contributed by atoms with Crippen LogP contribution in [0.2, 0.25) is 5.02 Å². The van der Waals surface area contributed by atoms with Crippen molar-refractivity contribution >= 4 is 17.6 Å². The Morgan fingerprint density at radius 1 is 1.17 bits per heavy atom. The lowest BCUT2D eigenvalue weighted by Gasteiger charge is -2.12. The summed E-state index contributed by atoms with van der Waals surface area (Å²) in [6.45, 7) is 2.37. The maximum Gasteiger partial charge on any atom is 0.319 e. The maximum atomic E-state index is 14.0. The van der Waals surface area contributed by atoms with Crippen LogP contribution in [0.1, 0.15) is 12.5 Å². The van der Waals surface area contributed by atoms with Crippen molar-refractivity contribution in [3.8, 4) is 11.1 Å². The van der Waals surface area contributed by atoms with Gasteiger partial charge in [0.25, 0.3) is 0 Å². The molecule has 0 aliphatic heterocycles. The second kappa shape index (κ2) is 8.04. The predicted molar refractivity (Wildman–Crippen MR) is 85.1 cm³/mol. The van der Waals surface area contributed by atoms with Gasteiger partial charge in [-0.1, -0.05) is 17.7 Å². The minimum atomic E-state index is -0.654. The first-order chi connectivity index (χ1) is 11.0. The van der Waals surface area contributed by atoms with E-state index in [1.165, 1.54) is 12.1 Å². The lowest BCUT2D eigenvalue weighted by atomic mass is 9.99. The maximum absolute atomic E-state index is 14.0. The second-order valence-electron chi connectivity index (χ2n) is 4.83. The third-order valence-corrected chi connectivity index (χ3v) is 3.41. The van der Waals surface area contributed by atoms with E-state index in [4.69, 9.17) is 16.3 Å². The molecule has 1 N–H and O–H groups in total. The van der Waals surface area contributed by atoms with Crippen LogP contribution in [-0.4, -0.2) is 19.1 Å². The second-order valence-corrected chi connectivity index (χ2v) is 5.27. The third kappa shape index (κ3) is 4.74. The Balaban J connectivity index is 2.22. The summed E-state index contributed by atoms with van der Waals surface area (Å²) in [4.78, 5) is 11.3. The number of benzene rings is 2. The first-order valence-electron chi connectivity index (χ1n) is 7.11. The first-order valence-corrected chi connectivity index (χ1v) is 7.49. The van der Waals surface area contributed by atoms with Crippen LogP contribution in [0.25, 0.3) is 11.1 Å². The molecule has 0 amide bonds.